The highest BCUT2D eigenvalue weighted by atomic mass is 15.2. The van der Waals surface area contributed by atoms with Crippen LogP contribution >= 0.6 is 0 Å². The second-order valence-corrected chi connectivity index (χ2v) is 14.8. The van der Waals surface area contributed by atoms with Crippen molar-refractivity contribution >= 4 is 72.0 Å². The van der Waals surface area contributed by atoms with Crippen molar-refractivity contribution in [1.82, 2.24) is 9.13 Å². The Balaban J connectivity index is 1.02. The van der Waals surface area contributed by atoms with Crippen LogP contribution in [0, 0.1) is 0 Å². The van der Waals surface area contributed by atoms with Crippen LogP contribution in [0.1, 0.15) is 5.56 Å². The molecule has 8 aromatic carbocycles. The molecule has 0 bridgehead atoms. The molecule has 1 aliphatic rings. The molecule has 0 amide bonds. The predicted molar refractivity (Wildman–Crippen MR) is 243 cm³/mol. The molecule has 0 fully saturated rings. The Morgan fingerprint density at radius 3 is 1.21 bits per heavy atom. The van der Waals surface area contributed by atoms with Gasteiger partial charge in [0.1, 0.15) is 0 Å². The number of nitrogens with zero attached hydrogens (tertiary/aromatic N) is 4. The number of allylic oxidation sites excluding steroid dienone is 1. The number of anilines is 5. The van der Waals surface area contributed by atoms with E-state index in [0.717, 1.165) is 40.5 Å². The van der Waals surface area contributed by atoms with Crippen LogP contribution in [-0.2, 0) is 6.42 Å². The van der Waals surface area contributed by atoms with E-state index in [4.69, 9.17) is 0 Å². The van der Waals surface area contributed by atoms with Gasteiger partial charge in [0.2, 0.25) is 0 Å². The van der Waals surface area contributed by atoms with Gasteiger partial charge >= 0.3 is 0 Å². The van der Waals surface area contributed by atoms with E-state index in [1.165, 1.54) is 54.9 Å². The van der Waals surface area contributed by atoms with Crippen LogP contribution in [0.15, 0.2) is 218 Å². The molecule has 0 atom stereocenters. The minimum Gasteiger partial charge on any atom is -0.337 e. The minimum absolute atomic E-state index is 0.704. The molecule has 0 radical (unpaired) electrons. The molecule has 11 rings (SSSR count). The lowest BCUT2D eigenvalue weighted by Crippen LogP contribution is -2.18. The molecule has 0 saturated carbocycles. The van der Waals surface area contributed by atoms with Gasteiger partial charge in [0.15, 0.2) is 0 Å². The Kier molecular flexibility index (Phi) is 8.15. The maximum absolute atomic E-state index is 3.22. The lowest BCUT2D eigenvalue weighted by Gasteiger charge is -2.28. The van der Waals surface area contributed by atoms with E-state index in [1.807, 2.05) is 0 Å². The number of hydrogen-bond acceptors (Lipinski definition) is 2. The average Bonchev–Trinajstić information content (AvgIpc) is 3.83. The molecule has 3 heterocycles. The number of para-hydroxylation sites is 5. The van der Waals surface area contributed by atoms with Crippen molar-refractivity contribution < 1.29 is 0 Å². The van der Waals surface area contributed by atoms with Crippen molar-refractivity contribution in [3.05, 3.63) is 223 Å². The molecular formula is C54H38N4. The van der Waals surface area contributed by atoms with Crippen LogP contribution in [0.5, 0.6) is 0 Å². The van der Waals surface area contributed by atoms with Gasteiger partial charge in [-0.25, -0.2) is 0 Å². The number of hydrogen-bond donors (Lipinski definition) is 0. The van der Waals surface area contributed by atoms with Gasteiger partial charge in [0.25, 0.3) is 0 Å². The lowest BCUT2D eigenvalue weighted by atomic mass is 10.1. The monoisotopic (exact) mass is 742 g/mol. The summed E-state index contributed by atoms with van der Waals surface area (Å²) in [5.74, 6) is 0. The highest BCUT2D eigenvalue weighted by Gasteiger charge is 2.19. The molecule has 4 nitrogen and oxygen atoms in total. The molecule has 10 aromatic rings. The van der Waals surface area contributed by atoms with Crippen LogP contribution in [0.2, 0.25) is 0 Å². The van der Waals surface area contributed by atoms with Crippen LogP contribution in [0.3, 0.4) is 0 Å². The average molecular weight is 743 g/mol. The summed E-state index contributed by atoms with van der Waals surface area (Å²) in [5, 5.41) is 5.03. The molecule has 1 aliphatic heterocycles. The maximum Gasteiger partial charge on any atom is 0.0541 e. The van der Waals surface area contributed by atoms with Gasteiger partial charge in [-0.15, -0.1) is 0 Å². The standard InChI is InChI=1S/C54H38N4/c1-2-14-38-55(50-21-9-4-16-39(50)15-3-1)40-26-28-41(29-27-40)56(42-30-34-44(35-31-42)57-51-22-10-5-17-46(51)47-18-6-11-23-52(47)57)43-32-36-45(37-33-43)58-53-24-12-7-19-48(53)49-20-8-13-25-54(49)58/h3-14,16-37H,15,38H2. The first-order chi connectivity index (χ1) is 28.8. The summed E-state index contributed by atoms with van der Waals surface area (Å²) >= 11 is 0. The summed E-state index contributed by atoms with van der Waals surface area (Å²) in [7, 11) is 0. The second kappa shape index (κ2) is 14.1. The number of aromatic nitrogens is 2. The molecule has 4 heteroatoms. The molecule has 0 N–H and O–H groups in total. The van der Waals surface area contributed by atoms with Crippen LogP contribution < -0.4 is 9.80 Å². The lowest BCUT2D eigenvalue weighted by molar-refractivity contribution is 1.07. The van der Waals surface area contributed by atoms with Crippen molar-refractivity contribution in [2.75, 3.05) is 16.3 Å². The van der Waals surface area contributed by atoms with Crippen molar-refractivity contribution in [3.8, 4) is 11.4 Å². The van der Waals surface area contributed by atoms with E-state index in [-0.39, 0.29) is 0 Å². The summed E-state index contributed by atoms with van der Waals surface area (Å²) in [5.41, 5.74) is 20.3. The van der Waals surface area contributed by atoms with Gasteiger partial charge in [-0.1, -0.05) is 102 Å². The third-order valence-corrected chi connectivity index (χ3v) is 11.5. The highest BCUT2D eigenvalue weighted by Crippen LogP contribution is 2.40. The number of benzene rings is 8. The normalized spacial score (nSPS) is 12.6. The molecular weight excluding hydrogens is 705 g/mol. The molecule has 58 heavy (non-hydrogen) atoms. The number of fused-ring (bicyclic) bond motifs is 7. The fourth-order valence-electron chi connectivity index (χ4n) is 8.84. The maximum atomic E-state index is 3.22. The van der Waals surface area contributed by atoms with E-state index < -0.39 is 0 Å². The third-order valence-electron chi connectivity index (χ3n) is 11.5. The zero-order chi connectivity index (χ0) is 38.4. The molecule has 0 spiro atoms. The molecule has 0 saturated heterocycles. The number of rotatable bonds is 6. The van der Waals surface area contributed by atoms with Crippen molar-refractivity contribution in [3.63, 3.8) is 0 Å². The largest absolute Gasteiger partial charge is 0.337 e. The van der Waals surface area contributed by atoms with E-state index in [0.29, 0.717) is 6.54 Å². The summed E-state index contributed by atoms with van der Waals surface area (Å²) < 4.78 is 4.74. The smallest absolute Gasteiger partial charge is 0.0541 e. The first-order valence-electron chi connectivity index (χ1n) is 19.9. The highest BCUT2D eigenvalue weighted by molar-refractivity contribution is 6.10. The van der Waals surface area contributed by atoms with Crippen molar-refractivity contribution in [2.45, 2.75) is 6.42 Å². The first kappa shape index (κ1) is 33.6. The Morgan fingerprint density at radius 1 is 0.362 bits per heavy atom. The van der Waals surface area contributed by atoms with E-state index in [2.05, 4.69) is 237 Å². The zero-order valence-electron chi connectivity index (χ0n) is 31.8. The topological polar surface area (TPSA) is 16.3 Å². The Hall–Kier alpha value is -7.74. The molecule has 0 aliphatic carbocycles. The second-order valence-electron chi connectivity index (χ2n) is 14.8. The fourth-order valence-corrected chi connectivity index (χ4v) is 8.84. The zero-order valence-corrected chi connectivity index (χ0v) is 31.8. The molecule has 0 unspecified atom stereocenters. The van der Waals surface area contributed by atoms with Gasteiger partial charge in [0, 0.05) is 74.3 Å². The van der Waals surface area contributed by atoms with Crippen LogP contribution in [-0.4, -0.2) is 15.7 Å². The van der Waals surface area contributed by atoms with Crippen LogP contribution in [0.25, 0.3) is 55.0 Å². The SMILES string of the molecule is C1=C=CCN(c2ccc(N(c3ccc(-n4c5ccccc5c5ccccc54)cc3)c3ccc(-n4c5ccccc5c5ccccc54)cc3)cc2)c2ccccc2CC=1. The van der Waals surface area contributed by atoms with E-state index in [1.54, 1.807) is 0 Å². The Bertz CT molecular complexity index is 2980. The van der Waals surface area contributed by atoms with Crippen LogP contribution in [0.4, 0.5) is 28.4 Å². The van der Waals surface area contributed by atoms with E-state index >= 15 is 0 Å². The third kappa shape index (κ3) is 5.64. The molecule has 274 valence electrons. The van der Waals surface area contributed by atoms with Crippen molar-refractivity contribution in [2.24, 2.45) is 0 Å². The Labute approximate surface area is 337 Å². The summed E-state index contributed by atoms with van der Waals surface area (Å²) in [4.78, 5) is 4.71. The predicted octanol–water partition coefficient (Wildman–Crippen LogP) is 13.9. The summed E-state index contributed by atoms with van der Waals surface area (Å²) in [6, 6.07) is 70.3. The van der Waals surface area contributed by atoms with Crippen molar-refractivity contribution in [1.29, 1.82) is 0 Å². The fraction of sp³-hybridized carbons (Fsp3) is 0.0370. The van der Waals surface area contributed by atoms with Gasteiger partial charge < -0.3 is 18.9 Å². The van der Waals surface area contributed by atoms with Gasteiger partial charge in [-0.05, 0) is 121 Å². The minimum atomic E-state index is 0.704. The molecule has 2 aromatic heterocycles. The summed E-state index contributed by atoms with van der Waals surface area (Å²) in [6.45, 7) is 0.704. The Morgan fingerprint density at radius 2 is 0.741 bits per heavy atom. The quantitative estimate of drug-likeness (QED) is 0.158. The van der Waals surface area contributed by atoms with Gasteiger partial charge in [-0.2, -0.15) is 0 Å². The summed E-state index contributed by atoms with van der Waals surface area (Å²) in [6.07, 6.45) is 4.92. The van der Waals surface area contributed by atoms with Gasteiger partial charge in [-0.3, -0.25) is 0 Å². The van der Waals surface area contributed by atoms with E-state index in [9.17, 15) is 0 Å². The van der Waals surface area contributed by atoms with Gasteiger partial charge in [0.05, 0.1) is 22.1 Å². The first-order valence-corrected chi connectivity index (χ1v) is 19.9.